The fourth-order valence-corrected chi connectivity index (χ4v) is 4.15. The zero-order chi connectivity index (χ0) is 14.5. The Kier molecular flexibility index (Phi) is 6.24. The largest absolute Gasteiger partial charge is 0.369 e. The Morgan fingerprint density at radius 3 is 2.95 bits per heavy atom. The first-order valence-electron chi connectivity index (χ1n) is 7.54. The summed E-state index contributed by atoms with van der Waals surface area (Å²) in [4.78, 5) is 2.55. The van der Waals surface area contributed by atoms with Crippen molar-refractivity contribution in [1.29, 1.82) is 0 Å². The molecule has 0 bridgehead atoms. The molecule has 1 aromatic rings. The third kappa shape index (κ3) is 4.15. The number of halogens is 1. The number of nitrogens with two attached hydrogens (primary N) is 1. The highest BCUT2D eigenvalue weighted by Crippen LogP contribution is 2.31. The van der Waals surface area contributed by atoms with Crippen LogP contribution in [0.15, 0.2) is 22.7 Å². The summed E-state index contributed by atoms with van der Waals surface area (Å²) in [7, 11) is 0. The number of thioether (sulfide) groups is 1. The van der Waals surface area contributed by atoms with Crippen LogP contribution < -0.4 is 10.6 Å². The van der Waals surface area contributed by atoms with Gasteiger partial charge in [-0.05, 0) is 37.0 Å². The second-order valence-electron chi connectivity index (χ2n) is 5.49. The summed E-state index contributed by atoms with van der Waals surface area (Å²) in [5.74, 6) is 1.23. The van der Waals surface area contributed by atoms with Crippen molar-refractivity contribution in [2.45, 2.75) is 44.4 Å². The van der Waals surface area contributed by atoms with Gasteiger partial charge in [0, 0.05) is 40.3 Å². The van der Waals surface area contributed by atoms with Crippen LogP contribution in [-0.2, 0) is 6.42 Å². The van der Waals surface area contributed by atoms with E-state index in [1.807, 2.05) is 0 Å². The Labute approximate surface area is 135 Å². The highest BCUT2D eigenvalue weighted by Gasteiger charge is 2.21. The summed E-state index contributed by atoms with van der Waals surface area (Å²) in [6, 6.07) is 6.89. The SMILES string of the molecule is CCC(N)Cc1ccc(Br)cc1N1CCSC(CC)C1. The lowest BCUT2D eigenvalue weighted by Gasteiger charge is -2.35. The Morgan fingerprint density at radius 1 is 1.45 bits per heavy atom. The van der Waals surface area contributed by atoms with Crippen molar-refractivity contribution < 1.29 is 0 Å². The highest BCUT2D eigenvalue weighted by molar-refractivity contribution is 9.10. The maximum atomic E-state index is 6.16. The van der Waals surface area contributed by atoms with Gasteiger partial charge >= 0.3 is 0 Å². The van der Waals surface area contributed by atoms with Crippen LogP contribution >= 0.6 is 27.7 Å². The third-order valence-electron chi connectivity index (χ3n) is 3.99. The topological polar surface area (TPSA) is 29.3 Å². The van der Waals surface area contributed by atoms with Crippen molar-refractivity contribution in [3.63, 3.8) is 0 Å². The van der Waals surface area contributed by atoms with Crippen molar-refractivity contribution in [1.82, 2.24) is 0 Å². The zero-order valence-corrected chi connectivity index (χ0v) is 14.8. The number of benzene rings is 1. The monoisotopic (exact) mass is 356 g/mol. The summed E-state index contributed by atoms with van der Waals surface area (Å²) < 4.78 is 1.16. The van der Waals surface area contributed by atoms with Gasteiger partial charge in [-0.25, -0.2) is 0 Å². The molecule has 0 saturated carbocycles. The highest BCUT2D eigenvalue weighted by atomic mass is 79.9. The van der Waals surface area contributed by atoms with E-state index in [4.69, 9.17) is 5.73 Å². The lowest BCUT2D eigenvalue weighted by Crippen LogP contribution is -2.38. The number of rotatable bonds is 5. The van der Waals surface area contributed by atoms with E-state index in [2.05, 4.69) is 64.6 Å². The molecule has 2 unspecified atom stereocenters. The van der Waals surface area contributed by atoms with Crippen molar-refractivity contribution >= 4 is 33.4 Å². The number of nitrogens with zero attached hydrogens (tertiary/aromatic N) is 1. The van der Waals surface area contributed by atoms with Gasteiger partial charge in [-0.1, -0.05) is 35.8 Å². The molecule has 1 heterocycles. The number of anilines is 1. The first-order valence-corrected chi connectivity index (χ1v) is 9.38. The fraction of sp³-hybridized carbons (Fsp3) is 0.625. The smallest absolute Gasteiger partial charge is 0.0411 e. The molecule has 2 atom stereocenters. The molecule has 1 saturated heterocycles. The van der Waals surface area contributed by atoms with E-state index in [1.54, 1.807) is 0 Å². The van der Waals surface area contributed by atoms with Crippen LogP contribution in [0, 0.1) is 0 Å². The Balaban J connectivity index is 2.21. The van der Waals surface area contributed by atoms with Gasteiger partial charge in [0.25, 0.3) is 0 Å². The zero-order valence-electron chi connectivity index (χ0n) is 12.4. The molecule has 1 aliphatic heterocycles. The lowest BCUT2D eigenvalue weighted by molar-refractivity contribution is 0.642. The van der Waals surface area contributed by atoms with E-state index >= 15 is 0 Å². The molecule has 2 nitrogen and oxygen atoms in total. The second kappa shape index (κ2) is 7.71. The molecule has 0 radical (unpaired) electrons. The van der Waals surface area contributed by atoms with Crippen molar-refractivity contribution in [3.05, 3.63) is 28.2 Å². The van der Waals surface area contributed by atoms with Crippen LogP contribution in [0.5, 0.6) is 0 Å². The summed E-state index contributed by atoms with van der Waals surface area (Å²) in [5, 5.41) is 0.760. The molecule has 2 rings (SSSR count). The maximum absolute atomic E-state index is 6.16. The van der Waals surface area contributed by atoms with E-state index < -0.39 is 0 Å². The first-order chi connectivity index (χ1) is 9.63. The minimum Gasteiger partial charge on any atom is -0.369 e. The molecular formula is C16H25BrN2S. The number of hydrogen-bond donors (Lipinski definition) is 1. The van der Waals surface area contributed by atoms with Gasteiger partial charge in [0.15, 0.2) is 0 Å². The van der Waals surface area contributed by atoms with Crippen LogP contribution in [0.1, 0.15) is 32.3 Å². The van der Waals surface area contributed by atoms with Crippen molar-refractivity contribution in [2.75, 3.05) is 23.7 Å². The van der Waals surface area contributed by atoms with Gasteiger partial charge in [0.2, 0.25) is 0 Å². The number of hydrogen-bond acceptors (Lipinski definition) is 3. The predicted octanol–water partition coefficient (Wildman–Crippen LogP) is 4.06. The fourth-order valence-electron chi connectivity index (χ4n) is 2.62. The Morgan fingerprint density at radius 2 is 2.25 bits per heavy atom. The normalized spacial score (nSPS) is 21.0. The maximum Gasteiger partial charge on any atom is 0.0411 e. The van der Waals surface area contributed by atoms with E-state index in [0.717, 1.165) is 35.7 Å². The molecule has 0 aliphatic carbocycles. The standard InChI is InChI=1S/C16H25BrN2S/c1-3-14(18)9-12-5-6-13(17)10-16(12)19-7-8-20-15(4-2)11-19/h5-6,10,14-15H,3-4,7-9,11,18H2,1-2H3. The predicted molar refractivity (Wildman–Crippen MR) is 94.9 cm³/mol. The molecule has 20 heavy (non-hydrogen) atoms. The molecule has 4 heteroatoms. The molecule has 1 aromatic carbocycles. The average Bonchev–Trinajstić information content (AvgIpc) is 2.49. The van der Waals surface area contributed by atoms with Gasteiger partial charge in [0.1, 0.15) is 0 Å². The molecule has 2 N–H and O–H groups in total. The van der Waals surface area contributed by atoms with Gasteiger partial charge in [-0.3, -0.25) is 0 Å². The second-order valence-corrected chi connectivity index (χ2v) is 7.82. The van der Waals surface area contributed by atoms with Gasteiger partial charge in [-0.2, -0.15) is 11.8 Å². The van der Waals surface area contributed by atoms with Crippen LogP contribution in [0.2, 0.25) is 0 Å². The Bertz CT molecular complexity index is 438. The quantitative estimate of drug-likeness (QED) is 0.862. The molecule has 1 fully saturated rings. The molecule has 112 valence electrons. The molecule has 0 spiro atoms. The van der Waals surface area contributed by atoms with Gasteiger partial charge < -0.3 is 10.6 Å². The molecule has 1 aliphatic rings. The van der Waals surface area contributed by atoms with Crippen LogP contribution in [0.25, 0.3) is 0 Å². The summed E-state index contributed by atoms with van der Waals surface area (Å²) in [6.07, 6.45) is 3.25. The minimum atomic E-state index is 0.260. The Hall–Kier alpha value is -0.190. The summed E-state index contributed by atoms with van der Waals surface area (Å²) in [5.41, 5.74) is 8.93. The van der Waals surface area contributed by atoms with Crippen molar-refractivity contribution in [3.8, 4) is 0 Å². The molecule has 0 aromatic heterocycles. The molecule has 0 amide bonds. The minimum absolute atomic E-state index is 0.260. The van der Waals surface area contributed by atoms with Crippen LogP contribution in [-0.4, -0.2) is 30.1 Å². The van der Waals surface area contributed by atoms with Crippen LogP contribution in [0.3, 0.4) is 0 Å². The van der Waals surface area contributed by atoms with E-state index in [1.165, 1.54) is 23.4 Å². The molecular weight excluding hydrogens is 332 g/mol. The first kappa shape index (κ1) is 16.2. The summed E-state index contributed by atoms with van der Waals surface area (Å²) in [6.45, 7) is 6.75. The van der Waals surface area contributed by atoms with Crippen LogP contribution in [0.4, 0.5) is 5.69 Å². The van der Waals surface area contributed by atoms with Crippen molar-refractivity contribution in [2.24, 2.45) is 5.73 Å². The third-order valence-corrected chi connectivity index (χ3v) is 5.85. The lowest BCUT2D eigenvalue weighted by atomic mass is 10.0. The van der Waals surface area contributed by atoms with Gasteiger partial charge in [0.05, 0.1) is 0 Å². The van der Waals surface area contributed by atoms with Gasteiger partial charge in [-0.15, -0.1) is 0 Å². The van der Waals surface area contributed by atoms with E-state index in [9.17, 15) is 0 Å². The van der Waals surface area contributed by atoms with E-state index in [0.29, 0.717) is 0 Å². The van der Waals surface area contributed by atoms with E-state index in [-0.39, 0.29) is 6.04 Å². The summed E-state index contributed by atoms with van der Waals surface area (Å²) >= 11 is 5.73. The average molecular weight is 357 g/mol.